The fraction of sp³-hybridized carbons (Fsp3) is 0.571. The second kappa shape index (κ2) is 12.3. The molecule has 10 nitrogen and oxygen atoms in total. The molecule has 0 radical (unpaired) electrons. The van der Waals surface area contributed by atoms with Crippen molar-refractivity contribution in [3.8, 4) is 0 Å². The maximum absolute atomic E-state index is 12.0. The molecule has 0 heterocycles. The van der Waals surface area contributed by atoms with Crippen molar-refractivity contribution in [2.75, 3.05) is 18.9 Å². The third-order valence-corrected chi connectivity index (χ3v) is 4.28. The molecule has 0 rings (SSSR count). The van der Waals surface area contributed by atoms with Crippen LogP contribution < -0.4 is 16.4 Å². The van der Waals surface area contributed by atoms with Gasteiger partial charge in [-0.25, -0.2) is 0 Å². The molecule has 11 heteroatoms. The van der Waals surface area contributed by atoms with Gasteiger partial charge >= 0.3 is 11.9 Å². The summed E-state index contributed by atoms with van der Waals surface area (Å²) in [4.78, 5) is 45.0. The molecule has 7 N–H and O–H groups in total. The number of aliphatic carboxylic acids is 2. The predicted molar refractivity (Wildman–Crippen MR) is 91.0 cm³/mol. The van der Waals surface area contributed by atoms with Crippen LogP contribution in [0, 0.1) is 0 Å². The summed E-state index contributed by atoms with van der Waals surface area (Å²) in [7, 11) is 0. The van der Waals surface area contributed by atoms with Gasteiger partial charge in [0.15, 0.2) is 0 Å². The number of hydrogen-bond donors (Lipinski definition) is 6. The number of nitrogens with one attached hydrogen (secondary N) is 2. The summed E-state index contributed by atoms with van der Waals surface area (Å²) in [5.41, 5.74) is 5.30. The van der Waals surface area contributed by atoms with E-state index in [0.29, 0.717) is 0 Å². The van der Waals surface area contributed by atoms with Gasteiger partial charge in [-0.05, 0) is 6.42 Å². The minimum Gasteiger partial charge on any atom is -0.480 e. The first kappa shape index (κ1) is 22.9. The van der Waals surface area contributed by atoms with Crippen molar-refractivity contribution in [1.82, 2.24) is 10.6 Å². The number of aliphatic hydroxyl groups is 1. The lowest BCUT2D eigenvalue weighted by Crippen LogP contribution is -2.49. The maximum Gasteiger partial charge on any atom is 0.322 e. The molecule has 0 bridgehead atoms. The van der Waals surface area contributed by atoms with Crippen LogP contribution in [0.1, 0.15) is 12.8 Å². The Morgan fingerprint density at radius 1 is 1.24 bits per heavy atom. The van der Waals surface area contributed by atoms with E-state index >= 15 is 0 Å². The topological polar surface area (TPSA) is 179 Å². The molecule has 1 unspecified atom stereocenters. The summed E-state index contributed by atoms with van der Waals surface area (Å²) in [6.07, 6.45) is 1.17. The molecular weight excluding hydrogens is 354 g/mol. The number of carbonyl (C=O) groups is 4. The first-order valence-corrected chi connectivity index (χ1v) is 8.38. The zero-order valence-corrected chi connectivity index (χ0v) is 14.3. The fourth-order valence-electron chi connectivity index (χ4n) is 1.56. The van der Waals surface area contributed by atoms with Crippen LogP contribution in [0.3, 0.4) is 0 Å². The third kappa shape index (κ3) is 10.4. The second-order valence-electron chi connectivity index (χ2n) is 5.01. The normalized spacial score (nSPS) is 14.0. The summed E-state index contributed by atoms with van der Waals surface area (Å²) in [6.45, 7) is 2.71. The summed E-state index contributed by atoms with van der Waals surface area (Å²) < 4.78 is 0. The zero-order valence-electron chi connectivity index (χ0n) is 13.5. The molecule has 0 aromatic rings. The Labute approximate surface area is 148 Å². The van der Waals surface area contributed by atoms with Gasteiger partial charge in [0.25, 0.3) is 0 Å². The molecule has 0 aromatic heterocycles. The minimum atomic E-state index is -1.24. The molecule has 0 aliphatic rings. The van der Waals surface area contributed by atoms with Crippen molar-refractivity contribution in [3.05, 3.63) is 12.7 Å². The fourth-order valence-corrected chi connectivity index (χ4v) is 2.48. The summed E-state index contributed by atoms with van der Waals surface area (Å²) in [6, 6.07) is -2.24. The van der Waals surface area contributed by atoms with E-state index in [2.05, 4.69) is 17.2 Å². The van der Waals surface area contributed by atoms with Gasteiger partial charge in [0, 0.05) is 17.4 Å². The van der Waals surface area contributed by atoms with Crippen molar-refractivity contribution in [2.24, 2.45) is 5.73 Å². The van der Waals surface area contributed by atoms with Gasteiger partial charge < -0.3 is 31.7 Å². The quantitative estimate of drug-likeness (QED) is 0.201. The van der Waals surface area contributed by atoms with E-state index in [1.807, 2.05) is 0 Å². The Hall–Kier alpha value is -2.11. The number of amides is 2. The van der Waals surface area contributed by atoms with E-state index < -0.39 is 42.4 Å². The number of aliphatic hydroxyl groups excluding tert-OH is 1. The smallest absolute Gasteiger partial charge is 0.322 e. The van der Waals surface area contributed by atoms with E-state index in [1.165, 1.54) is 6.08 Å². The Balaban J connectivity index is 4.71. The van der Waals surface area contributed by atoms with Crippen molar-refractivity contribution in [1.29, 1.82) is 0 Å². The number of thioether (sulfide) groups is 1. The highest BCUT2D eigenvalue weighted by Gasteiger charge is 2.23. The van der Waals surface area contributed by atoms with Crippen molar-refractivity contribution >= 4 is 35.5 Å². The van der Waals surface area contributed by atoms with E-state index in [1.54, 1.807) is 0 Å². The molecule has 25 heavy (non-hydrogen) atoms. The zero-order chi connectivity index (χ0) is 19.4. The molecular formula is C14H23N3O7S. The predicted octanol–water partition coefficient (Wildman–Crippen LogP) is -1.86. The first-order valence-electron chi connectivity index (χ1n) is 7.33. The molecule has 0 aliphatic heterocycles. The van der Waals surface area contributed by atoms with Crippen LogP contribution in [0.2, 0.25) is 0 Å². The largest absolute Gasteiger partial charge is 0.480 e. The van der Waals surface area contributed by atoms with Crippen LogP contribution in [0.5, 0.6) is 0 Å². The standard InChI is InChI=1S/C14H23N3O7S/c1-2-8(6-18)25-7-10(13(22)16-5-12(20)21)17-11(19)4-3-9(15)14(23)24/h2,8-10,18H,1,3-7,15H2,(H,16,22)(H,17,19)(H,20,21)(H,23,24)/t8?,9-,10-/m0/s1. The third-order valence-electron chi connectivity index (χ3n) is 2.98. The maximum atomic E-state index is 12.0. The van der Waals surface area contributed by atoms with Gasteiger partial charge in [-0.3, -0.25) is 19.2 Å². The van der Waals surface area contributed by atoms with Crippen molar-refractivity contribution in [3.63, 3.8) is 0 Å². The van der Waals surface area contributed by atoms with Gasteiger partial charge in [-0.15, -0.1) is 18.3 Å². The molecule has 2 amide bonds. The van der Waals surface area contributed by atoms with Crippen LogP contribution in [-0.2, 0) is 19.2 Å². The number of carboxylic acid groups (broad SMARTS) is 2. The lowest BCUT2D eigenvalue weighted by atomic mass is 10.1. The number of carbonyl (C=O) groups excluding carboxylic acids is 2. The number of hydrogen-bond acceptors (Lipinski definition) is 7. The average Bonchev–Trinajstić information content (AvgIpc) is 2.56. The lowest BCUT2D eigenvalue weighted by molar-refractivity contribution is -0.139. The van der Waals surface area contributed by atoms with E-state index in [4.69, 9.17) is 21.1 Å². The van der Waals surface area contributed by atoms with Gasteiger partial charge in [0.1, 0.15) is 18.6 Å². The van der Waals surface area contributed by atoms with Gasteiger partial charge in [0.05, 0.1) is 6.61 Å². The first-order chi connectivity index (χ1) is 11.7. The highest BCUT2D eigenvalue weighted by atomic mass is 32.2. The number of carboxylic acids is 2. The molecule has 0 fully saturated rings. The summed E-state index contributed by atoms with van der Waals surface area (Å²) >= 11 is 1.15. The molecule has 142 valence electrons. The van der Waals surface area contributed by atoms with Crippen molar-refractivity contribution in [2.45, 2.75) is 30.2 Å². The summed E-state index contributed by atoms with van der Waals surface area (Å²) in [5.74, 6) is -3.70. The Morgan fingerprint density at radius 3 is 2.36 bits per heavy atom. The Morgan fingerprint density at radius 2 is 1.88 bits per heavy atom. The molecule has 0 spiro atoms. The molecule has 0 saturated heterocycles. The van der Waals surface area contributed by atoms with Crippen LogP contribution in [0.15, 0.2) is 12.7 Å². The number of nitrogens with two attached hydrogens (primary N) is 1. The molecule has 0 saturated carbocycles. The summed E-state index contributed by atoms with van der Waals surface area (Å²) in [5, 5.41) is 30.6. The minimum absolute atomic E-state index is 0.0689. The average molecular weight is 377 g/mol. The van der Waals surface area contributed by atoms with Gasteiger partial charge in [0.2, 0.25) is 11.8 Å². The van der Waals surface area contributed by atoms with E-state index in [9.17, 15) is 19.2 Å². The molecule has 3 atom stereocenters. The molecule has 0 aliphatic carbocycles. The van der Waals surface area contributed by atoms with E-state index in [-0.39, 0.29) is 30.5 Å². The van der Waals surface area contributed by atoms with E-state index in [0.717, 1.165) is 11.8 Å². The highest BCUT2D eigenvalue weighted by molar-refractivity contribution is 8.00. The molecule has 0 aromatic carbocycles. The van der Waals surface area contributed by atoms with Crippen LogP contribution in [0.25, 0.3) is 0 Å². The van der Waals surface area contributed by atoms with Crippen LogP contribution in [0.4, 0.5) is 0 Å². The van der Waals surface area contributed by atoms with Gasteiger partial charge in [-0.2, -0.15) is 0 Å². The van der Waals surface area contributed by atoms with Gasteiger partial charge in [-0.1, -0.05) is 6.08 Å². The highest BCUT2D eigenvalue weighted by Crippen LogP contribution is 2.13. The Bertz CT molecular complexity index is 501. The second-order valence-corrected chi connectivity index (χ2v) is 6.28. The SMILES string of the molecule is C=CC(CO)SC[C@H](NC(=O)CC[C@H](N)C(=O)O)C(=O)NCC(=O)O. The van der Waals surface area contributed by atoms with Crippen LogP contribution in [-0.4, -0.2) is 75.3 Å². The monoisotopic (exact) mass is 377 g/mol. The van der Waals surface area contributed by atoms with Crippen molar-refractivity contribution < 1.29 is 34.5 Å². The Kier molecular flexibility index (Phi) is 11.2. The number of rotatable bonds is 13. The van der Waals surface area contributed by atoms with Crippen LogP contribution >= 0.6 is 11.8 Å². The lowest BCUT2D eigenvalue weighted by Gasteiger charge is -2.19.